The molecule has 88 valence electrons. The van der Waals surface area contributed by atoms with E-state index >= 15 is 0 Å². The summed E-state index contributed by atoms with van der Waals surface area (Å²) in [6, 6.07) is 0.428. The number of anilines is 1. The van der Waals surface area contributed by atoms with E-state index in [1.165, 1.54) is 12.7 Å². The van der Waals surface area contributed by atoms with E-state index in [1.54, 1.807) is 6.92 Å². The fourth-order valence-electron chi connectivity index (χ4n) is 2.35. The van der Waals surface area contributed by atoms with Crippen molar-refractivity contribution in [3.05, 3.63) is 17.8 Å². The Morgan fingerprint density at radius 1 is 1.44 bits per heavy atom. The molecule has 2 heterocycles. The molecule has 0 bridgehead atoms. The molecule has 0 aromatic carbocycles. The monoisotopic (exact) mass is 223 g/mol. The topological polar surface area (TPSA) is 29.0 Å². The molecule has 1 aliphatic rings. The highest BCUT2D eigenvalue weighted by molar-refractivity contribution is 5.42. The van der Waals surface area contributed by atoms with Crippen LogP contribution in [0, 0.1) is 12.7 Å². The van der Waals surface area contributed by atoms with Crippen LogP contribution in [0.4, 0.5) is 10.2 Å². The number of nitrogens with zero attached hydrogens (tertiary/aromatic N) is 3. The predicted molar refractivity (Wildman–Crippen MR) is 62.0 cm³/mol. The molecule has 0 saturated carbocycles. The third kappa shape index (κ3) is 2.01. The highest BCUT2D eigenvalue weighted by atomic mass is 19.1. The number of hydrogen-bond acceptors (Lipinski definition) is 3. The van der Waals surface area contributed by atoms with Crippen molar-refractivity contribution < 1.29 is 4.39 Å². The summed E-state index contributed by atoms with van der Waals surface area (Å²) in [7, 11) is 0. The molecular weight excluding hydrogens is 205 g/mol. The lowest BCUT2D eigenvalue weighted by atomic mass is 10.00. The van der Waals surface area contributed by atoms with Crippen LogP contribution in [0.5, 0.6) is 0 Å². The van der Waals surface area contributed by atoms with E-state index in [9.17, 15) is 4.39 Å². The highest BCUT2D eigenvalue weighted by Crippen LogP contribution is 2.27. The van der Waals surface area contributed by atoms with Crippen LogP contribution in [0.15, 0.2) is 6.33 Å². The largest absolute Gasteiger partial charge is 0.351 e. The first-order valence-electron chi connectivity index (χ1n) is 5.97. The Hall–Kier alpha value is -1.19. The average Bonchev–Trinajstić information content (AvgIpc) is 2.33. The molecule has 2 rings (SSSR count). The molecule has 1 aromatic heterocycles. The van der Waals surface area contributed by atoms with Gasteiger partial charge >= 0.3 is 0 Å². The molecular formula is C12H18FN3. The van der Waals surface area contributed by atoms with Crippen molar-refractivity contribution in [2.45, 2.75) is 45.6 Å². The Bertz CT molecular complexity index is 367. The molecule has 0 aliphatic carbocycles. The van der Waals surface area contributed by atoms with Crippen LogP contribution < -0.4 is 4.90 Å². The Balaban J connectivity index is 2.30. The van der Waals surface area contributed by atoms with Crippen molar-refractivity contribution in [3.63, 3.8) is 0 Å². The third-order valence-corrected chi connectivity index (χ3v) is 3.32. The number of hydrogen-bond donors (Lipinski definition) is 0. The Labute approximate surface area is 95.7 Å². The van der Waals surface area contributed by atoms with E-state index in [0.29, 0.717) is 17.6 Å². The summed E-state index contributed by atoms with van der Waals surface area (Å²) in [6.07, 6.45) is 6.00. The third-order valence-electron chi connectivity index (χ3n) is 3.32. The summed E-state index contributed by atoms with van der Waals surface area (Å²) in [6.45, 7) is 4.74. The molecule has 1 fully saturated rings. The summed E-state index contributed by atoms with van der Waals surface area (Å²) in [5, 5.41) is 0. The van der Waals surface area contributed by atoms with Crippen LogP contribution in [-0.4, -0.2) is 22.6 Å². The summed E-state index contributed by atoms with van der Waals surface area (Å²) < 4.78 is 13.9. The fraction of sp³-hybridized carbons (Fsp3) is 0.667. The van der Waals surface area contributed by atoms with Crippen molar-refractivity contribution in [2.75, 3.05) is 11.4 Å². The van der Waals surface area contributed by atoms with Gasteiger partial charge in [0, 0.05) is 12.6 Å². The molecule has 1 saturated heterocycles. The number of aromatic nitrogens is 2. The highest BCUT2D eigenvalue weighted by Gasteiger charge is 2.25. The molecule has 0 spiro atoms. The van der Waals surface area contributed by atoms with Crippen LogP contribution in [0.25, 0.3) is 0 Å². The first kappa shape index (κ1) is 11.3. The van der Waals surface area contributed by atoms with Gasteiger partial charge in [0.15, 0.2) is 11.6 Å². The minimum atomic E-state index is -0.261. The summed E-state index contributed by atoms with van der Waals surface area (Å²) >= 11 is 0. The molecule has 1 aliphatic heterocycles. The first-order chi connectivity index (χ1) is 7.74. The average molecular weight is 223 g/mol. The van der Waals surface area contributed by atoms with Crippen LogP contribution in [0.1, 0.15) is 38.3 Å². The minimum absolute atomic E-state index is 0.261. The van der Waals surface area contributed by atoms with Gasteiger partial charge in [-0.25, -0.2) is 14.4 Å². The lowest BCUT2D eigenvalue weighted by Gasteiger charge is -2.36. The van der Waals surface area contributed by atoms with Crippen LogP contribution in [0.3, 0.4) is 0 Å². The Kier molecular flexibility index (Phi) is 3.36. The Morgan fingerprint density at radius 3 is 3.00 bits per heavy atom. The standard InChI is InChI=1S/C12H18FN3/c1-3-10-6-4-5-7-16(10)12-11(13)9(2)14-8-15-12/h8,10H,3-7H2,1-2H3. The van der Waals surface area contributed by atoms with Gasteiger partial charge in [-0.3, -0.25) is 0 Å². The smallest absolute Gasteiger partial charge is 0.186 e. The van der Waals surface area contributed by atoms with Crippen molar-refractivity contribution >= 4 is 5.82 Å². The fourth-order valence-corrected chi connectivity index (χ4v) is 2.35. The van der Waals surface area contributed by atoms with E-state index in [-0.39, 0.29) is 5.82 Å². The molecule has 3 nitrogen and oxygen atoms in total. The first-order valence-corrected chi connectivity index (χ1v) is 5.97. The zero-order valence-electron chi connectivity index (χ0n) is 9.91. The molecule has 0 amide bonds. The van der Waals surface area contributed by atoms with Gasteiger partial charge in [-0.15, -0.1) is 0 Å². The quantitative estimate of drug-likeness (QED) is 0.772. The van der Waals surface area contributed by atoms with Crippen LogP contribution >= 0.6 is 0 Å². The zero-order chi connectivity index (χ0) is 11.5. The molecule has 1 aromatic rings. The zero-order valence-corrected chi connectivity index (χ0v) is 9.91. The van der Waals surface area contributed by atoms with Crippen LogP contribution in [-0.2, 0) is 0 Å². The van der Waals surface area contributed by atoms with Gasteiger partial charge in [0.1, 0.15) is 6.33 Å². The van der Waals surface area contributed by atoms with E-state index < -0.39 is 0 Å². The number of piperidine rings is 1. The van der Waals surface area contributed by atoms with E-state index in [2.05, 4.69) is 21.8 Å². The van der Waals surface area contributed by atoms with Gasteiger partial charge in [-0.1, -0.05) is 6.92 Å². The van der Waals surface area contributed by atoms with Gasteiger partial charge in [0.25, 0.3) is 0 Å². The second-order valence-electron chi connectivity index (χ2n) is 4.35. The van der Waals surface area contributed by atoms with E-state index in [1.807, 2.05) is 0 Å². The lowest BCUT2D eigenvalue weighted by molar-refractivity contribution is 0.437. The maximum atomic E-state index is 13.9. The van der Waals surface area contributed by atoms with Gasteiger partial charge in [0.05, 0.1) is 5.69 Å². The van der Waals surface area contributed by atoms with Crippen molar-refractivity contribution in [3.8, 4) is 0 Å². The van der Waals surface area contributed by atoms with Crippen molar-refractivity contribution in [1.82, 2.24) is 9.97 Å². The van der Waals surface area contributed by atoms with Gasteiger partial charge < -0.3 is 4.90 Å². The number of rotatable bonds is 2. The second-order valence-corrected chi connectivity index (χ2v) is 4.35. The minimum Gasteiger partial charge on any atom is -0.351 e. The van der Waals surface area contributed by atoms with Gasteiger partial charge in [0.2, 0.25) is 0 Å². The number of aryl methyl sites for hydroxylation is 1. The molecule has 0 N–H and O–H groups in total. The number of halogens is 1. The van der Waals surface area contributed by atoms with E-state index in [0.717, 1.165) is 25.8 Å². The predicted octanol–water partition coefficient (Wildman–Crippen LogP) is 2.69. The van der Waals surface area contributed by atoms with Crippen molar-refractivity contribution in [2.24, 2.45) is 0 Å². The maximum Gasteiger partial charge on any atom is 0.186 e. The molecule has 16 heavy (non-hydrogen) atoms. The molecule has 1 unspecified atom stereocenters. The molecule has 4 heteroatoms. The summed E-state index contributed by atoms with van der Waals surface area (Å²) in [4.78, 5) is 10.1. The lowest BCUT2D eigenvalue weighted by Crippen LogP contribution is -2.40. The summed E-state index contributed by atoms with van der Waals surface area (Å²) in [5.41, 5.74) is 0.436. The van der Waals surface area contributed by atoms with Gasteiger partial charge in [-0.2, -0.15) is 0 Å². The molecule has 1 atom stereocenters. The second kappa shape index (κ2) is 4.76. The van der Waals surface area contributed by atoms with Gasteiger partial charge in [-0.05, 0) is 32.6 Å². The SMILES string of the molecule is CCC1CCCCN1c1ncnc(C)c1F. The molecule has 0 radical (unpaired) electrons. The van der Waals surface area contributed by atoms with Crippen molar-refractivity contribution in [1.29, 1.82) is 0 Å². The normalized spacial score (nSPS) is 21.2. The summed E-state index contributed by atoms with van der Waals surface area (Å²) in [5.74, 6) is 0.224. The van der Waals surface area contributed by atoms with Crippen LogP contribution in [0.2, 0.25) is 0 Å². The maximum absolute atomic E-state index is 13.9. The van der Waals surface area contributed by atoms with E-state index in [4.69, 9.17) is 0 Å². The Morgan fingerprint density at radius 2 is 2.25 bits per heavy atom.